The zero-order valence-corrected chi connectivity index (χ0v) is 10.3. The van der Waals surface area contributed by atoms with Gasteiger partial charge < -0.3 is 4.98 Å². The maximum atomic E-state index is 4.47. The van der Waals surface area contributed by atoms with Crippen molar-refractivity contribution in [2.45, 2.75) is 0 Å². The first-order chi connectivity index (χ1) is 9.31. The number of pyridine rings is 2. The molecule has 4 aromatic heterocycles. The Labute approximate surface area is 108 Å². The Balaban J connectivity index is 2.02. The molecule has 0 amide bonds. The molecule has 0 aromatic carbocycles. The van der Waals surface area contributed by atoms with Crippen LogP contribution in [-0.2, 0) is 7.05 Å². The van der Waals surface area contributed by atoms with E-state index in [1.54, 1.807) is 10.9 Å². The van der Waals surface area contributed by atoms with Crippen LogP contribution in [0.2, 0.25) is 0 Å². The second-order valence-electron chi connectivity index (χ2n) is 4.54. The van der Waals surface area contributed by atoms with Gasteiger partial charge in [0, 0.05) is 35.8 Å². The summed E-state index contributed by atoms with van der Waals surface area (Å²) in [5, 5.41) is 6.43. The van der Waals surface area contributed by atoms with Crippen molar-refractivity contribution in [1.82, 2.24) is 24.7 Å². The molecule has 0 saturated heterocycles. The first-order valence-electron chi connectivity index (χ1n) is 6.03. The second kappa shape index (κ2) is 3.65. The summed E-state index contributed by atoms with van der Waals surface area (Å²) >= 11 is 0. The van der Waals surface area contributed by atoms with Crippen LogP contribution >= 0.6 is 0 Å². The van der Waals surface area contributed by atoms with Gasteiger partial charge in [-0.25, -0.2) is 4.98 Å². The van der Waals surface area contributed by atoms with E-state index in [1.165, 1.54) is 0 Å². The Morgan fingerprint density at radius 3 is 2.95 bits per heavy atom. The van der Waals surface area contributed by atoms with Gasteiger partial charge in [0.2, 0.25) is 0 Å². The number of rotatable bonds is 1. The monoisotopic (exact) mass is 249 g/mol. The van der Waals surface area contributed by atoms with E-state index < -0.39 is 0 Å². The SMILES string of the molecule is Cn1cc(-c2cc3c(cn2)[nH]c2ncccc23)cn1. The lowest BCUT2D eigenvalue weighted by atomic mass is 10.1. The average Bonchev–Trinajstić information content (AvgIpc) is 3.01. The van der Waals surface area contributed by atoms with Crippen molar-refractivity contribution in [3.63, 3.8) is 0 Å². The van der Waals surface area contributed by atoms with Crippen molar-refractivity contribution in [3.05, 3.63) is 43.0 Å². The molecule has 0 bridgehead atoms. The maximum Gasteiger partial charge on any atom is 0.138 e. The summed E-state index contributed by atoms with van der Waals surface area (Å²) in [7, 11) is 1.90. The second-order valence-corrected chi connectivity index (χ2v) is 4.54. The van der Waals surface area contributed by atoms with Crippen molar-refractivity contribution < 1.29 is 0 Å². The molecule has 5 nitrogen and oxygen atoms in total. The van der Waals surface area contributed by atoms with Crippen molar-refractivity contribution in [2.24, 2.45) is 7.05 Å². The van der Waals surface area contributed by atoms with E-state index in [-0.39, 0.29) is 0 Å². The molecule has 0 aliphatic heterocycles. The lowest BCUT2D eigenvalue weighted by molar-refractivity contribution is 0.768. The van der Waals surface area contributed by atoms with Crippen LogP contribution in [-0.4, -0.2) is 24.7 Å². The summed E-state index contributed by atoms with van der Waals surface area (Å²) in [6.45, 7) is 0. The van der Waals surface area contributed by atoms with Gasteiger partial charge in [-0.15, -0.1) is 0 Å². The molecule has 4 aromatic rings. The molecule has 1 N–H and O–H groups in total. The fourth-order valence-corrected chi connectivity index (χ4v) is 2.34. The standard InChI is InChI=1S/C14H11N5/c1-19-8-9(6-17-19)12-5-11-10-3-2-4-15-14(10)18-13(11)7-16-12/h2-8H,1H3,(H,15,18). The number of fused-ring (bicyclic) bond motifs is 3. The Kier molecular flexibility index (Phi) is 1.97. The highest BCUT2D eigenvalue weighted by atomic mass is 15.2. The van der Waals surface area contributed by atoms with Crippen LogP contribution in [0.25, 0.3) is 33.2 Å². The van der Waals surface area contributed by atoms with Crippen LogP contribution in [0.5, 0.6) is 0 Å². The Hall–Kier alpha value is -2.69. The van der Waals surface area contributed by atoms with Crippen LogP contribution in [0.1, 0.15) is 0 Å². The van der Waals surface area contributed by atoms with Gasteiger partial charge in [-0.05, 0) is 18.2 Å². The quantitative estimate of drug-likeness (QED) is 0.564. The number of hydrogen-bond donors (Lipinski definition) is 1. The molecule has 0 aliphatic carbocycles. The Bertz CT molecular complexity index is 887. The van der Waals surface area contributed by atoms with Gasteiger partial charge in [-0.2, -0.15) is 5.10 Å². The molecule has 0 saturated carbocycles. The number of aromatic nitrogens is 5. The number of H-pyrrole nitrogens is 1. The predicted molar refractivity (Wildman–Crippen MR) is 73.6 cm³/mol. The summed E-state index contributed by atoms with van der Waals surface area (Å²) < 4.78 is 1.78. The number of aromatic amines is 1. The van der Waals surface area contributed by atoms with E-state index in [9.17, 15) is 0 Å². The molecule has 92 valence electrons. The van der Waals surface area contributed by atoms with E-state index in [0.29, 0.717) is 0 Å². The minimum atomic E-state index is 0.891. The zero-order chi connectivity index (χ0) is 12.8. The van der Waals surface area contributed by atoms with Crippen molar-refractivity contribution in [3.8, 4) is 11.3 Å². The van der Waals surface area contributed by atoms with Gasteiger partial charge in [-0.3, -0.25) is 9.67 Å². The molecular formula is C14H11N5. The van der Waals surface area contributed by atoms with E-state index in [4.69, 9.17) is 0 Å². The predicted octanol–water partition coefficient (Wildman–Crippen LogP) is 2.51. The number of aryl methyl sites for hydroxylation is 1. The molecule has 5 heteroatoms. The molecule has 0 fully saturated rings. The highest BCUT2D eigenvalue weighted by molar-refractivity contribution is 6.06. The number of nitrogens with one attached hydrogen (secondary N) is 1. The number of nitrogens with zero attached hydrogens (tertiary/aromatic N) is 4. The third kappa shape index (κ3) is 1.52. The van der Waals surface area contributed by atoms with E-state index in [0.717, 1.165) is 33.2 Å². The summed E-state index contributed by atoms with van der Waals surface area (Å²) in [5.41, 5.74) is 3.83. The summed E-state index contributed by atoms with van der Waals surface area (Å²) in [6, 6.07) is 6.08. The minimum absolute atomic E-state index is 0.891. The molecule has 4 rings (SSSR count). The van der Waals surface area contributed by atoms with Gasteiger partial charge in [0.1, 0.15) is 5.65 Å². The Morgan fingerprint density at radius 1 is 1.16 bits per heavy atom. The van der Waals surface area contributed by atoms with Crippen molar-refractivity contribution in [2.75, 3.05) is 0 Å². The van der Waals surface area contributed by atoms with Gasteiger partial charge in [-0.1, -0.05) is 0 Å². The first kappa shape index (κ1) is 10.3. The van der Waals surface area contributed by atoms with E-state index >= 15 is 0 Å². The third-order valence-electron chi connectivity index (χ3n) is 3.26. The van der Waals surface area contributed by atoms with Gasteiger partial charge in [0.05, 0.1) is 23.6 Å². The maximum absolute atomic E-state index is 4.47. The van der Waals surface area contributed by atoms with Crippen molar-refractivity contribution in [1.29, 1.82) is 0 Å². The lowest BCUT2D eigenvalue weighted by Crippen LogP contribution is -1.84. The number of hydrogen-bond acceptors (Lipinski definition) is 3. The van der Waals surface area contributed by atoms with Gasteiger partial charge in [0.15, 0.2) is 0 Å². The van der Waals surface area contributed by atoms with Crippen LogP contribution in [0.3, 0.4) is 0 Å². The van der Waals surface area contributed by atoms with Gasteiger partial charge >= 0.3 is 0 Å². The molecule has 4 heterocycles. The summed E-state index contributed by atoms with van der Waals surface area (Å²) in [6.07, 6.45) is 7.41. The largest absolute Gasteiger partial charge is 0.338 e. The molecule has 0 radical (unpaired) electrons. The highest BCUT2D eigenvalue weighted by Crippen LogP contribution is 2.26. The normalized spacial score (nSPS) is 11.4. The fourth-order valence-electron chi connectivity index (χ4n) is 2.34. The molecule has 0 unspecified atom stereocenters. The zero-order valence-electron chi connectivity index (χ0n) is 10.3. The third-order valence-corrected chi connectivity index (χ3v) is 3.26. The molecule has 0 aliphatic rings. The molecule has 0 spiro atoms. The van der Waals surface area contributed by atoms with Gasteiger partial charge in [0.25, 0.3) is 0 Å². The summed E-state index contributed by atoms with van der Waals surface area (Å²) in [4.78, 5) is 12.1. The highest BCUT2D eigenvalue weighted by Gasteiger charge is 2.08. The Morgan fingerprint density at radius 2 is 2.11 bits per heavy atom. The van der Waals surface area contributed by atoms with E-state index in [1.807, 2.05) is 31.7 Å². The molecular weight excluding hydrogens is 238 g/mol. The smallest absolute Gasteiger partial charge is 0.138 e. The average molecular weight is 249 g/mol. The van der Waals surface area contributed by atoms with E-state index in [2.05, 4.69) is 32.2 Å². The summed E-state index contributed by atoms with van der Waals surface area (Å²) in [5.74, 6) is 0. The fraction of sp³-hybridized carbons (Fsp3) is 0.0714. The van der Waals surface area contributed by atoms with Crippen molar-refractivity contribution >= 4 is 21.9 Å². The molecule has 19 heavy (non-hydrogen) atoms. The van der Waals surface area contributed by atoms with Crippen LogP contribution in [0, 0.1) is 0 Å². The molecule has 0 atom stereocenters. The van der Waals surface area contributed by atoms with Crippen LogP contribution in [0.15, 0.2) is 43.0 Å². The topological polar surface area (TPSA) is 59.4 Å². The lowest BCUT2D eigenvalue weighted by Gasteiger charge is -1.96. The first-order valence-corrected chi connectivity index (χ1v) is 6.03. The van der Waals surface area contributed by atoms with Crippen LogP contribution < -0.4 is 0 Å². The van der Waals surface area contributed by atoms with Crippen LogP contribution in [0.4, 0.5) is 0 Å². The minimum Gasteiger partial charge on any atom is -0.338 e.